The Bertz CT molecular complexity index is 1510. The first-order valence-electron chi connectivity index (χ1n) is 14.5. The summed E-state index contributed by atoms with van der Waals surface area (Å²) in [6.07, 6.45) is -3.05. The van der Waals surface area contributed by atoms with Gasteiger partial charge in [0.1, 0.15) is 0 Å². The summed E-state index contributed by atoms with van der Waals surface area (Å²) in [7, 11) is 0. The Morgan fingerprint density at radius 2 is 1.53 bits per heavy atom. The zero-order valence-electron chi connectivity index (χ0n) is 23.6. The molecule has 226 valence electrons. The van der Waals surface area contributed by atoms with Gasteiger partial charge in [-0.05, 0) is 66.6 Å². The second-order valence-electron chi connectivity index (χ2n) is 12.3. The number of alkyl halides is 6. The van der Waals surface area contributed by atoms with Crippen LogP contribution in [0.4, 0.5) is 26.3 Å². The minimum Gasteiger partial charge on any atom is -0.351 e. The average Bonchev–Trinajstić information content (AvgIpc) is 3.33. The third kappa shape index (κ3) is 5.37. The summed E-state index contributed by atoms with van der Waals surface area (Å²) < 4.78 is 80.2. The molecule has 2 fully saturated rings. The Labute approximate surface area is 246 Å². The van der Waals surface area contributed by atoms with Crippen molar-refractivity contribution in [3.63, 3.8) is 0 Å². The van der Waals surface area contributed by atoms with Gasteiger partial charge in [0.2, 0.25) is 0 Å². The van der Waals surface area contributed by atoms with Crippen molar-refractivity contribution in [3.05, 3.63) is 112 Å². The Morgan fingerprint density at radius 1 is 0.907 bits per heavy atom. The lowest BCUT2D eigenvalue weighted by atomic mass is 9.60. The van der Waals surface area contributed by atoms with Crippen LogP contribution in [-0.2, 0) is 23.2 Å². The van der Waals surface area contributed by atoms with E-state index in [1.54, 1.807) is 0 Å². The fourth-order valence-corrected chi connectivity index (χ4v) is 7.37. The van der Waals surface area contributed by atoms with Crippen molar-refractivity contribution >= 4 is 12.0 Å². The van der Waals surface area contributed by atoms with Gasteiger partial charge in [-0.1, -0.05) is 73.7 Å². The molecule has 9 heteroatoms. The molecule has 1 amide bonds. The maximum absolute atomic E-state index is 13.4. The zero-order chi connectivity index (χ0) is 30.6. The van der Waals surface area contributed by atoms with Crippen molar-refractivity contribution in [1.29, 1.82) is 0 Å². The predicted octanol–water partition coefficient (Wildman–Crippen LogP) is 7.86. The van der Waals surface area contributed by atoms with E-state index in [0.29, 0.717) is 18.1 Å². The minimum atomic E-state index is -5.02. The van der Waals surface area contributed by atoms with Crippen molar-refractivity contribution in [2.24, 2.45) is 5.92 Å². The Kier molecular flexibility index (Phi) is 7.23. The first-order valence-corrected chi connectivity index (χ1v) is 14.5. The van der Waals surface area contributed by atoms with E-state index < -0.39 is 40.4 Å². The minimum absolute atomic E-state index is 0.0154. The summed E-state index contributed by atoms with van der Waals surface area (Å²) in [4.78, 5) is 15.5. The van der Waals surface area contributed by atoms with E-state index in [4.69, 9.17) is 0 Å². The number of halogens is 6. The van der Waals surface area contributed by atoms with Crippen molar-refractivity contribution in [2.75, 3.05) is 19.6 Å². The van der Waals surface area contributed by atoms with Crippen LogP contribution in [0.3, 0.4) is 0 Å². The number of carbonyl (C=O) groups is 1. The van der Waals surface area contributed by atoms with Crippen molar-refractivity contribution < 1.29 is 31.1 Å². The van der Waals surface area contributed by atoms with Gasteiger partial charge in [-0.25, -0.2) is 0 Å². The van der Waals surface area contributed by atoms with Gasteiger partial charge >= 0.3 is 12.4 Å². The molecule has 43 heavy (non-hydrogen) atoms. The summed E-state index contributed by atoms with van der Waals surface area (Å²) in [5.41, 5.74) is -0.511. The molecule has 2 aliphatic carbocycles. The second-order valence-corrected chi connectivity index (χ2v) is 12.3. The lowest BCUT2D eigenvalue weighted by molar-refractivity contribution is -0.143. The molecule has 0 aromatic heterocycles. The summed E-state index contributed by atoms with van der Waals surface area (Å²) in [6, 6.07) is 19.3. The normalized spacial score (nSPS) is 27.1. The topological polar surface area (TPSA) is 32.3 Å². The molecule has 1 heterocycles. The van der Waals surface area contributed by atoms with E-state index in [1.165, 1.54) is 11.1 Å². The van der Waals surface area contributed by atoms with Gasteiger partial charge in [-0.2, -0.15) is 26.3 Å². The van der Waals surface area contributed by atoms with Gasteiger partial charge < -0.3 is 5.32 Å². The SMILES string of the molecule is C[C@H]1CN(C2CC(CNC(=O)c3cc(C(F)(F)F)cc(C(F)(F)F)c3)(c3ccccc3)C2)CC[C@@]12C=Cc1ccccc12. The van der Waals surface area contributed by atoms with Crippen LogP contribution in [0.5, 0.6) is 0 Å². The largest absolute Gasteiger partial charge is 0.416 e. The van der Waals surface area contributed by atoms with Gasteiger partial charge in [0.25, 0.3) is 5.91 Å². The van der Waals surface area contributed by atoms with Gasteiger partial charge in [-0.3, -0.25) is 9.69 Å². The number of benzene rings is 3. The van der Waals surface area contributed by atoms with Crippen LogP contribution < -0.4 is 5.32 Å². The Morgan fingerprint density at radius 3 is 2.16 bits per heavy atom. The maximum atomic E-state index is 13.4. The van der Waals surface area contributed by atoms with Gasteiger partial charge in [0.15, 0.2) is 0 Å². The average molecular weight is 599 g/mol. The van der Waals surface area contributed by atoms with E-state index in [2.05, 4.69) is 53.6 Å². The van der Waals surface area contributed by atoms with E-state index in [-0.39, 0.29) is 24.1 Å². The molecule has 0 radical (unpaired) electrons. The number of allylic oxidation sites excluding steroid dienone is 1. The highest BCUT2D eigenvalue weighted by Crippen LogP contribution is 2.51. The molecule has 1 spiro atoms. The van der Waals surface area contributed by atoms with Gasteiger partial charge in [-0.15, -0.1) is 0 Å². The highest BCUT2D eigenvalue weighted by molar-refractivity contribution is 5.94. The van der Waals surface area contributed by atoms with Crippen LogP contribution in [0.1, 0.15) is 64.4 Å². The molecule has 3 aromatic carbocycles. The van der Waals surface area contributed by atoms with Crippen LogP contribution in [0.25, 0.3) is 6.08 Å². The Balaban J connectivity index is 1.18. The molecule has 0 bridgehead atoms. The molecule has 1 saturated heterocycles. The molecule has 3 aliphatic rings. The molecule has 1 saturated carbocycles. The molecule has 2 atom stereocenters. The number of nitrogens with zero attached hydrogens (tertiary/aromatic N) is 1. The van der Waals surface area contributed by atoms with Crippen molar-refractivity contribution in [2.45, 2.75) is 55.4 Å². The lowest BCUT2D eigenvalue weighted by Crippen LogP contribution is -2.61. The number of hydrogen-bond acceptors (Lipinski definition) is 2. The van der Waals surface area contributed by atoms with E-state index in [0.717, 1.165) is 37.9 Å². The van der Waals surface area contributed by atoms with Crippen molar-refractivity contribution in [3.8, 4) is 0 Å². The van der Waals surface area contributed by atoms with E-state index in [1.807, 2.05) is 30.3 Å². The van der Waals surface area contributed by atoms with Crippen LogP contribution in [0, 0.1) is 5.92 Å². The summed E-state index contributed by atoms with van der Waals surface area (Å²) in [6.45, 7) is 4.21. The highest BCUT2D eigenvalue weighted by Gasteiger charge is 2.51. The highest BCUT2D eigenvalue weighted by atomic mass is 19.4. The van der Waals surface area contributed by atoms with E-state index >= 15 is 0 Å². The fraction of sp³-hybridized carbons (Fsp3) is 0.382. The van der Waals surface area contributed by atoms with Crippen LogP contribution in [0.2, 0.25) is 0 Å². The summed E-state index contributed by atoms with van der Waals surface area (Å²) in [5.74, 6) is -0.577. The number of hydrogen-bond donors (Lipinski definition) is 1. The van der Waals surface area contributed by atoms with E-state index in [9.17, 15) is 31.1 Å². The molecule has 3 aromatic rings. The predicted molar refractivity (Wildman–Crippen MR) is 152 cm³/mol. The van der Waals surface area contributed by atoms with Crippen LogP contribution in [0.15, 0.2) is 78.9 Å². The molecule has 0 unspecified atom stereocenters. The maximum Gasteiger partial charge on any atom is 0.416 e. The Hall–Kier alpha value is -3.59. The number of nitrogens with one attached hydrogen (secondary N) is 1. The molecule has 6 rings (SSSR count). The smallest absolute Gasteiger partial charge is 0.351 e. The number of piperidine rings is 1. The summed E-state index contributed by atoms with van der Waals surface area (Å²) in [5, 5.41) is 2.68. The van der Waals surface area contributed by atoms with Crippen LogP contribution >= 0.6 is 0 Å². The first-order chi connectivity index (χ1) is 20.3. The first kappa shape index (κ1) is 29.5. The molecular formula is C34H32F6N2O. The molecule has 3 nitrogen and oxygen atoms in total. The number of likely N-dealkylation sites (tertiary alicyclic amines) is 1. The van der Waals surface area contributed by atoms with Gasteiger partial charge in [0, 0.05) is 35.5 Å². The number of rotatable bonds is 5. The quantitative estimate of drug-likeness (QED) is 0.304. The molecular weight excluding hydrogens is 566 g/mol. The standard InChI is InChI=1S/C34H32F6N2O/c1-22-20-42(14-13-32(22)12-11-23-7-5-6-10-29(23)32)28-18-31(19-28,25-8-3-2-4-9-25)21-41-30(43)24-15-26(33(35,36)37)17-27(16-24)34(38,39)40/h2-12,15-17,22,28H,13-14,18-21H2,1H3,(H,41,43)/t22-,28?,31?,32-/m0/s1. The number of carbonyl (C=O) groups excluding carboxylic acids is 1. The van der Waals surface area contributed by atoms with Crippen LogP contribution in [-0.4, -0.2) is 36.5 Å². The molecule has 1 aliphatic heterocycles. The molecule has 1 N–H and O–H groups in total. The lowest BCUT2D eigenvalue weighted by Gasteiger charge is -2.56. The monoisotopic (exact) mass is 598 g/mol. The number of amides is 1. The number of fused-ring (bicyclic) bond motifs is 2. The third-order valence-corrected chi connectivity index (χ3v) is 9.82. The fourth-order valence-electron chi connectivity index (χ4n) is 7.37. The zero-order valence-corrected chi connectivity index (χ0v) is 23.6. The second kappa shape index (κ2) is 10.5. The van der Waals surface area contributed by atoms with Gasteiger partial charge in [0.05, 0.1) is 11.1 Å². The van der Waals surface area contributed by atoms with Crippen molar-refractivity contribution in [1.82, 2.24) is 10.2 Å². The third-order valence-electron chi connectivity index (χ3n) is 9.82. The summed E-state index contributed by atoms with van der Waals surface area (Å²) >= 11 is 0.